The average Bonchev–Trinajstić information content (AvgIpc) is 2.66. The summed E-state index contributed by atoms with van der Waals surface area (Å²) in [7, 11) is 0. The SMILES string of the molecule is Nc1nc2cc(I)ccc2n1CC1CCOCC1. The molecule has 0 aliphatic carbocycles. The van der Waals surface area contributed by atoms with Crippen LogP contribution in [0.5, 0.6) is 0 Å². The minimum absolute atomic E-state index is 0.624. The molecule has 0 bridgehead atoms. The Hall–Kier alpha value is -0.820. The van der Waals surface area contributed by atoms with Crippen molar-refractivity contribution >= 4 is 39.6 Å². The molecule has 0 spiro atoms. The number of fused-ring (bicyclic) bond motifs is 1. The molecule has 1 aromatic carbocycles. The number of hydrogen-bond donors (Lipinski definition) is 1. The maximum absolute atomic E-state index is 6.04. The van der Waals surface area contributed by atoms with E-state index in [1.165, 1.54) is 3.57 Å². The highest BCUT2D eigenvalue weighted by Crippen LogP contribution is 2.24. The second kappa shape index (κ2) is 5.05. The maximum Gasteiger partial charge on any atom is 0.201 e. The van der Waals surface area contributed by atoms with Crippen LogP contribution in [-0.4, -0.2) is 22.8 Å². The summed E-state index contributed by atoms with van der Waals surface area (Å²) in [6.45, 7) is 2.69. The molecular formula is C13H16IN3O. The van der Waals surface area contributed by atoms with E-state index in [4.69, 9.17) is 10.5 Å². The van der Waals surface area contributed by atoms with Gasteiger partial charge in [-0.25, -0.2) is 4.98 Å². The number of imidazole rings is 1. The highest BCUT2D eigenvalue weighted by Gasteiger charge is 2.17. The molecular weight excluding hydrogens is 341 g/mol. The van der Waals surface area contributed by atoms with Crippen molar-refractivity contribution in [3.05, 3.63) is 21.8 Å². The molecule has 1 saturated heterocycles. The fraction of sp³-hybridized carbons (Fsp3) is 0.462. The van der Waals surface area contributed by atoms with Gasteiger partial charge in [0.05, 0.1) is 11.0 Å². The van der Waals surface area contributed by atoms with Crippen molar-refractivity contribution in [3.8, 4) is 0 Å². The first kappa shape index (κ1) is 12.2. The highest BCUT2D eigenvalue weighted by atomic mass is 127. The minimum atomic E-state index is 0.624. The van der Waals surface area contributed by atoms with Gasteiger partial charge in [0.2, 0.25) is 5.95 Å². The van der Waals surface area contributed by atoms with Gasteiger partial charge in [-0.05, 0) is 59.5 Å². The number of nitrogens with zero attached hydrogens (tertiary/aromatic N) is 2. The Morgan fingerprint density at radius 1 is 1.39 bits per heavy atom. The van der Waals surface area contributed by atoms with Gasteiger partial charge in [-0.2, -0.15) is 0 Å². The summed E-state index contributed by atoms with van der Waals surface area (Å²) in [6, 6.07) is 6.29. The Kier molecular flexibility index (Phi) is 3.43. The fourth-order valence-electron chi connectivity index (χ4n) is 2.50. The van der Waals surface area contributed by atoms with Gasteiger partial charge >= 0.3 is 0 Å². The number of aromatic nitrogens is 2. The van der Waals surface area contributed by atoms with E-state index in [0.717, 1.165) is 43.6 Å². The normalized spacial score (nSPS) is 17.4. The van der Waals surface area contributed by atoms with E-state index in [-0.39, 0.29) is 0 Å². The molecule has 0 saturated carbocycles. The molecule has 4 nitrogen and oxygen atoms in total. The molecule has 0 radical (unpaired) electrons. The van der Waals surface area contributed by atoms with E-state index in [2.05, 4.69) is 50.3 Å². The van der Waals surface area contributed by atoms with Crippen LogP contribution >= 0.6 is 22.6 Å². The number of benzene rings is 1. The minimum Gasteiger partial charge on any atom is -0.381 e. The van der Waals surface area contributed by atoms with E-state index in [9.17, 15) is 0 Å². The lowest BCUT2D eigenvalue weighted by Crippen LogP contribution is -2.21. The van der Waals surface area contributed by atoms with Gasteiger partial charge in [-0.3, -0.25) is 0 Å². The molecule has 1 fully saturated rings. The summed E-state index contributed by atoms with van der Waals surface area (Å²) >= 11 is 2.30. The van der Waals surface area contributed by atoms with E-state index in [1.807, 2.05) is 0 Å². The van der Waals surface area contributed by atoms with Crippen molar-refractivity contribution in [1.82, 2.24) is 9.55 Å². The van der Waals surface area contributed by atoms with Crippen LogP contribution in [0.2, 0.25) is 0 Å². The third-order valence-electron chi connectivity index (χ3n) is 3.52. The first-order valence-corrected chi connectivity index (χ1v) is 7.31. The second-order valence-corrected chi connectivity index (χ2v) is 6.02. The van der Waals surface area contributed by atoms with Gasteiger partial charge in [0.25, 0.3) is 0 Å². The lowest BCUT2D eigenvalue weighted by Gasteiger charge is -2.23. The number of halogens is 1. The Balaban J connectivity index is 1.92. The smallest absolute Gasteiger partial charge is 0.201 e. The van der Waals surface area contributed by atoms with Crippen LogP contribution < -0.4 is 5.73 Å². The Morgan fingerprint density at radius 3 is 2.94 bits per heavy atom. The summed E-state index contributed by atoms with van der Waals surface area (Å²) in [5, 5.41) is 0. The molecule has 5 heteroatoms. The molecule has 96 valence electrons. The molecule has 0 unspecified atom stereocenters. The second-order valence-electron chi connectivity index (χ2n) is 4.77. The van der Waals surface area contributed by atoms with Crippen molar-refractivity contribution in [2.24, 2.45) is 5.92 Å². The Bertz CT molecular complexity index is 561. The number of anilines is 1. The third-order valence-corrected chi connectivity index (χ3v) is 4.19. The molecule has 2 N–H and O–H groups in total. The maximum atomic E-state index is 6.04. The van der Waals surface area contributed by atoms with Crippen molar-refractivity contribution in [3.63, 3.8) is 0 Å². The van der Waals surface area contributed by atoms with Gasteiger partial charge in [-0.15, -0.1) is 0 Å². The van der Waals surface area contributed by atoms with Crippen LogP contribution in [0.15, 0.2) is 18.2 Å². The number of hydrogen-bond acceptors (Lipinski definition) is 3. The summed E-state index contributed by atoms with van der Waals surface area (Å²) in [5.41, 5.74) is 8.17. The van der Waals surface area contributed by atoms with Crippen LogP contribution in [0.4, 0.5) is 5.95 Å². The number of nitrogens with two attached hydrogens (primary N) is 1. The van der Waals surface area contributed by atoms with Gasteiger partial charge < -0.3 is 15.0 Å². The quantitative estimate of drug-likeness (QED) is 0.841. The summed E-state index contributed by atoms with van der Waals surface area (Å²) in [6.07, 6.45) is 2.23. The molecule has 1 aliphatic rings. The molecule has 1 aromatic heterocycles. The molecule has 0 amide bonds. The van der Waals surface area contributed by atoms with E-state index in [0.29, 0.717) is 11.9 Å². The Labute approximate surface area is 120 Å². The van der Waals surface area contributed by atoms with E-state index in [1.54, 1.807) is 0 Å². The lowest BCUT2D eigenvalue weighted by atomic mass is 10.0. The molecule has 0 atom stereocenters. The van der Waals surface area contributed by atoms with E-state index < -0.39 is 0 Å². The van der Waals surface area contributed by atoms with Crippen molar-refractivity contribution in [2.75, 3.05) is 18.9 Å². The zero-order valence-corrected chi connectivity index (χ0v) is 12.3. The summed E-state index contributed by atoms with van der Waals surface area (Å²) in [5.74, 6) is 1.27. The predicted octanol–water partition coefficient (Wildman–Crippen LogP) is 2.65. The first-order chi connectivity index (χ1) is 8.74. The average molecular weight is 357 g/mol. The molecule has 2 heterocycles. The van der Waals surface area contributed by atoms with Gasteiger partial charge in [0.1, 0.15) is 0 Å². The first-order valence-electron chi connectivity index (χ1n) is 6.23. The molecule has 1 aliphatic heterocycles. The highest BCUT2D eigenvalue weighted by molar-refractivity contribution is 14.1. The largest absolute Gasteiger partial charge is 0.381 e. The van der Waals surface area contributed by atoms with Crippen molar-refractivity contribution < 1.29 is 4.74 Å². The van der Waals surface area contributed by atoms with Crippen LogP contribution in [-0.2, 0) is 11.3 Å². The van der Waals surface area contributed by atoms with E-state index >= 15 is 0 Å². The fourth-order valence-corrected chi connectivity index (χ4v) is 2.98. The van der Waals surface area contributed by atoms with Crippen LogP contribution in [0.1, 0.15) is 12.8 Å². The zero-order chi connectivity index (χ0) is 12.5. The lowest BCUT2D eigenvalue weighted by molar-refractivity contribution is 0.0618. The third kappa shape index (κ3) is 2.33. The molecule has 18 heavy (non-hydrogen) atoms. The van der Waals surface area contributed by atoms with Crippen LogP contribution in [0, 0.1) is 9.49 Å². The Morgan fingerprint density at radius 2 is 2.17 bits per heavy atom. The summed E-state index contributed by atoms with van der Waals surface area (Å²) in [4.78, 5) is 4.44. The topological polar surface area (TPSA) is 53.1 Å². The number of rotatable bonds is 2. The standard InChI is InChI=1S/C13H16IN3O/c14-10-1-2-12-11(7-10)16-13(15)17(12)8-9-3-5-18-6-4-9/h1-2,7,9H,3-6,8H2,(H2,15,16). The molecule has 3 rings (SSSR count). The molecule has 2 aromatic rings. The van der Waals surface area contributed by atoms with Gasteiger partial charge in [-0.1, -0.05) is 0 Å². The van der Waals surface area contributed by atoms with Gasteiger partial charge in [0, 0.05) is 23.3 Å². The van der Waals surface area contributed by atoms with Crippen LogP contribution in [0.25, 0.3) is 11.0 Å². The summed E-state index contributed by atoms with van der Waals surface area (Å²) < 4.78 is 8.73. The predicted molar refractivity (Wildman–Crippen MR) is 80.4 cm³/mol. The zero-order valence-electron chi connectivity index (χ0n) is 10.1. The number of nitrogen functional groups attached to an aromatic ring is 1. The number of ether oxygens (including phenoxy) is 1. The van der Waals surface area contributed by atoms with Crippen molar-refractivity contribution in [2.45, 2.75) is 19.4 Å². The van der Waals surface area contributed by atoms with Gasteiger partial charge in [0.15, 0.2) is 0 Å². The van der Waals surface area contributed by atoms with Crippen LogP contribution in [0.3, 0.4) is 0 Å². The van der Waals surface area contributed by atoms with Crippen molar-refractivity contribution in [1.29, 1.82) is 0 Å². The monoisotopic (exact) mass is 357 g/mol.